The number of hydrogen-bond acceptors (Lipinski definition) is 8. The van der Waals surface area contributed by atoms with Crippen molar-refractivity contribution in [3.8, 4) is 17.2 Å². The smallest absolute Gasteiger partial charge is 0.293 e. The standard InChI is InChI=1S/C21H20BrN5O6/c1-31-17-8-14(9-18(32-2)20(17)33-3)10-23-24-21(28)19-16(22)12-26(25-19)11-13-4-6-15(7-5-13)27(29)30/h4-10,12H,11H2,1-3H3,(H,24,28)/b23-10+. The van der Waals surface area contributed by atoms with Crippen molar-refractivity contribution in [1.82, 2.24) is 15.2 Å². The molecule has 1 N–H and O–H groups in total. The molecule has 1 aromatic heterocycles. The van der Waals surface area contributed by atoms with Crippen LogP contribution in [0, 0.1) is 10.1 Å². The van der Waals surface area contributed by atoms with Crippen molar-refractivity contribution < 1.29 is 23.9 Å². The third-order valence-electron chi connectivity index (χ3n) is 4.49. The Labute approximate surface area is 197 Å². The lowest BCUT2D eigenvalue weighted by Crippen LogP contribution is -2.19. The van der Waals surface area contributed by atoms with Gasteiger partial charge in [-0.05, 0) is 33.6 Å². The number of nitrogens with one attached hydrogen (secondary N) is 1. The summed E-state index contributed by atoms with van der Waals surface area (Å²) in [5.41, 5.74) is 3.98. The zero-order valence-electron chi connectivity index (χ0n) is 17.9. The van der Waals surface area contributed by atoms with Gasteiger partial charge in [0.1, 0.15) is 0 Å². The number of amides is 1. The lowest BCUT2D eigenvalue weighted by atomic mass is 10.2. The Kier molecular flexibility index (Phi) is 7.61. The topological polar surface area (TPSA) is 130 Å². The molecular weight excluding hydrogens is 498 g/mol. The number of carbonyl (C=O) groups excluding carboxylic acids is 1. The molecular formula is C21H20BrN5O6. The molecule has 2 aromatic carbocycles. The first-order valence-corrected chi connectivity index (χ1v) is 10.2. The molecule has 3 rings (SSSR count). The summed E-state index contributed by atoms with van der Waals surface area (Å²) in [5, 5.41) is 19.0. The number of rotatable bonds is 9. The number of hydrazone groups is 1. The average molecular weight is 518 g/mol. The number of nitro benzene ring substituents is 1. The van der Waals surface area contributed by atoms with Crippen LogP contribution in [0.3, 0.4) is 0 Å². The van der Waals surface area contributed by atoms with E-state index in [9.17, 15) is 14.9 Å². The monoisotopic (exact) mass is 517 g/mol. The molecule has 33 heavy (non-hydrogen) atoms. The molecule has 0 aliphatic heterocycles. The van der Waals surface area contributed by atoms with Gasteiger partial charge in [-0.25, -0.2) is 5.43 Å². The molecule has 0 fully saturated rings. The molecule has 1 heterocycles. The number of carbonyl (C=O) groups is 1. The molecule has 12 heteroatoms. The molecule has 3 aromatic rings. The minimum absolute atomic E-state index is 0.00502. The summed E-state index contributed by atoms with van der Waals surface area (Å²) in [6, 6.07) is 9.47. The summed E-state index contributed by atoms with van der Waals surface area (Å²) in [5.74, 6) is 0.839. The highest BCUT2D eigenvalue weighted by Gasteiger charge is 2.16. The molecule has 0 unspecified atom stereocenters. The van der Waals surface area contributed by atoms with Gasteiger partial charge in [0.05, 0.1) is 43.5 Å². The zero-order valence-corrected chi connectivity index (χ0v) is 19.5. The van der Waals surface area contributed by atoms with Gasteiger partial charge in [-0.15, -0.1) is 0 Å². The Bertz CT molecular complexity index is 1170. The third-order valence-corrected chi connectivity index (χ3v) is 5.07. The Hall–Kier alpha value is -3.93. The van der Waals surface area contributed by atoms with Crippen LogP contribution in [0.5, 0.6) is 17.2 Å². The van der Waals surface area contributed by atoms with Crippen LogP contribution in [-0.4, -0.2) is 48.2 Å². The predicted molar refractivity (Wildman–Crippen MR) is 123 cm³/mol. The third kappa shape index (κ3) is 5.66. The van der Waals surface area contributed by atoms with E-state index in [1.165, 1.54) is 39.7 Å². The van der Waals surface area contributed by atoms with Crippen molar-refractivity contribution in [2.75, 3.05) is 21.3 Å². The number of halogens is 1. The van der Waals surface area contributed by atoms with Crippen LogP contribution in [0.15, 0.2) is 52.2 Å². The molecule has 172 valence electrons. The SMILES string of the molecule is COc1cc(/C=N/NC(=O)c2nn(Cc3ccc([N+](=O)[O-])cc3)cc2Br)cc(OC)c1OC. The fourth-order valence-corrected chi connectivity index (χ4v) is 3.43. The van der Waals surface area contributed by atoms with Crippen LogP contribution in [0.25, 0.3) is 0 Å². The molecule has 0 atom stereocenters. The molecule has 0 radical (unpaired) electrons. The van der Waals surface area contributed by atoms with E-state index < -0.39 is 10.8 Å². The van der Waals surface area contributed by atoms with E-state index >= 15 is 0 Å². The van der Waals surface area contributed by atoms with Crippen molar-refractivity contribution in [1.29, 1.82) is 0 Å². The summed E-state index contributed by atoms with van der Waals surface area (Å²) < 4.78 is 17.9. The average Bonchev–Trinajstić information content (AvgIpc) is 3.18. The lowest BCUT2D eigenvalue weighted by Gasteiger charge is -2.12. The molecule has 11 nitrogen and oxygen atoms in total. The van der Waals surface area contributed by atoms with Crippen molar-refractivity contribution in [3.63, 3.8) is 0 Å². The second-order valence-electron chi connectivity index (χ2n) is 6.60. The van der Waals surface area contributed by atoms with Crippen LogP contribution in [-0.2, 0) is 6.54 Å². The maximum Gasteiger partial charge on any atom is 0.293 e. The highest BCUT2D eigenvalue weighted by molar-refractivity contribution is 9.10. The summed E-state index contributed by atoms with van der Waals surface area (Å²) in [7, 11) is 4.52. The van der Waals surface area contributed by atoms with Crippen molar-refractivity contribution in [2.24, 2.45) is 5.10 Å². The number of nitrogens with zero attached hydrogens (tertiary/aromatic N) is 4. The van der Waals surface area contributed by atoms with E-state index in [1.54, 1.807) is 35.1 Å². The van der Waals surface area contributed by atoms with E-state index in [0.717, 1.165) is 5.56 Å². The fraction of sp³-hybridized carbons (Fsp3) is 0.190. The van der Waals surface area contributed by atoms with E-state index in [1.807, 2.05) is 0 Å². The second kappa shape index (κ2) is 10.6. The molecule has 0 aliphatic rings. The second-order valence-corrected chi connectivity index (χ2v) is 7.46. The largest absolute Gasteiger partial charge is 0.493 e. The van der Waals surface area contributed by atoms with E-state index in [0.29, 0.717) is 33.8 Å². The number of methoxy groups -OCH3 is 3. The maximum absolute atomic E-state index is 12.5. The van der Waals surface area contributed by atoms with Gasteiger partial charge in [0.15, 0.2) is 17.2 Å². The number of nitro groups is 1. The summed E-state index contributed by atoms with van der Waals surface area (Å²) >= 11 is 3.32. The van der Waals surface area contributed by atoms with E-state index in [2.05, 4.69) is 31.6 Å². The van der Waals surface area contributed by atoms with Gasteiger partial charge in [-0.1, -0.05) is 12.1 Å². The number of aromatic nitrogens is 2. The van der Waals surface area contributed by atoms with Gasteiger partial charge >= 0.3 is 0 Å². The number of benzene rings is 2. The number of hydrogen-bond donors (Lipinski definition) is 1. The van der Waals surface area contributed by atoms with Gasteiger partial charge < -0.3 is 14.2 Å². The number of non-ortho nitro benzene ring substituents is 1. The van der Waals surface area contributed by atoms with Crippen molar-refractivity contribution >= 4 is 33.7 Å². The molecule has 0 bridgehead atoms. The molecule has 0 saturated carbocycles. The van der Waals surface area contributed by atoms with Gasteiger partial charge in [0.2, 0.25) is 5.75 Å². The first kappa shape index (κ1) is 23.7. The van der Waals surface area contributed by atoms with E-state index in [-0.39, 0.29) is 11.4 Å². The fourth-order valence-electron chi connectivity index (χ4n) is 2.94. The van der Waals surface area contributed by atoms with Gasteiger partial charge in [-0.2, -0.15) is 10.2 Å². The molecule has 0 aliphatic carbocycles. The normalized spacial score (nSPS) is 10.8. The Morgan fingerprint density at radius 3 is 2.36 bits per heavy atom. The number of ether oxygens (including phenoxy) is 3. The van der Waals surface area contributed by atoms with Gasteiger partial charge in [0, 0.05) is 23.9 Å². The zero-order chi connectivity index (χ0) is 24.0. The highest BCUT2D eigenvalue weighted by atomic mass is 79.9. The van der Waals surface area contributed by atoms with Crippen LogP contribution in [0.4, 0.5) is 5.69 Å². The Morgan fingerprint density at radius 1 is 1.18 bits per heavy atom. The first-order chi connectivity index (χ1) is 15.9. The highest BCUT2D eigenvalue weighted by Crippen LogP contribution is 2.37. The molecule has 0 saturated heterocycles. The maximum atomic E-state index is 12.5. The molecule has 0 spiro atoms. The first-order valence-electron chi connectivity index (χ1n) is 9.46. The van der Waals surface area contributed by atoms with E-state index in [4.69, 9.17) is 14.2 Å². The Balaban J connectivity index is 1.69. The predicted octanol–water partition coefficient (Wildman–Crippen LogP) is 3.39. The van der Waals surface area contributed by atoms with Gasteiger partial charge in [0.25, 0.3) is 11.6 Å². The summed E-state index contributed by atoms with van der Waals surface area (Å²) in [6.45, 7) is 0.332. The lowest BCUT2D eigenvalue weighted by molar-refractivity contribution is -0.384. The summed E-state index contributed by atoms with van der Waals surface area (Å²) in [4.78, 5) is 22.8. The van der Waals surface area contributed by atoms with Crippen LogP contribution >= 0.6 is 15.9 Å². The Morgan fingerprint density at radius 2 is 1.82 bits per heavy atom. The minimum Gasteiger partial charge on any atom is -0.493 e. The van der Waals surface area contributed by atoms with Gasteiger partial charge in [-0.3, -0.25) is 19.6 Å². The van der Waals surface area contributed by atoms with Crippen LogP contribution in [0.2, 0.25) is 0 Å². The van der Waals surface area contributed by atoms with Crippen molar-refractivity contribution in [3.05, 3.63) is 74.0 Å². The van der Waals surface area contributed by atoms with Crippen LogP contribution in [0.1, 0.15) is 21.6 Å². The summed E-state index contributed by atoms with van der Waals surface area (Å²) in [6.07, 6.45) is 3.07. The molecule has 1 amide bonds. The van der Waals surface area contributed by atoms with Crippen LogP contribution < -0.4 is 19.6 Å². The quantitative estimate of drug-likeness (QED) is 0.261. The minimum atomic E-state index is -0.520. The van der Waals surface area contributed by atoms with Crippen molar-refractivity contribution in [2.45, 2.75) is 6.54 Å².